The van der Waals surface area contributed by atoms with Gasteiger partial charge in [0.2, 0.25) is 0 Å². The number of amides is 1. The van der Waals surface area contributed by atoms with Gasteiger partial charge in [-0.25, -0.2) is 4.79 Å². The van der Waals surface area contributed by atoms with Crippen molar-refractivity contribution < 1.29 is 31.9 Å². The number of esters is 1. The Kier molecular flexibility index (Phi) is 7.11. The van der Waals surface area contributed by atoms with Crippen LogP contribution in [0, 0.1) is 17.0 Å². The molecule has 2 rings (SSSR count). The van der Waals surface area contributed by atoms with Crippen LogP contribution in [0.25, 0.3) is 0 Å². The van der Waals surface area contributed by atoms with Gasteiger partial charge >= 0.3 is 16.1 Å². The molecule has 11 heteroatoms. The van der Waals surface area contributed by atoms with Crippen LogP contribution < -0.4 is 9.50 Å². The highest BCUT2D eigenvalue weighted by Gasteiger charge is 2.23. The minimum Gasteiger partial charge on any atom is -0.449 e. The van der Waals surface area contributed by atoms with Crippen LogP contribution >= 0.6 is 0 Å². The van der Waals surface area contributed by atoms with Crippen molar-refractivity contribution in [3.8, 4) is 5.75 Å². The Hall–Kier alpha value is -3.47. The van der Waals surface area contributed by atoms with E-state index < -0.39 is 33.0 Å². The van der Waals surface area contributed by atoms with Crippen LogP contribution in [0.2, 0.25) is 0 Å². The standard InChI is InChI=1S/C19H20N2O8S/c1-4-20-18(22)13(3)28-19(23)14-6-9-16(10-7-14)29-30(26,27)17-11-15(21(24)25)8-5-12(17)2/h5-11,13H,4H2,1-3H3,(H,20,22)/t13-/m1/s1. The number of hydrogen-bond donors (Lipinski definition) is 1. The number of benzene rings is 2. The van der Waals surface area contributed by atoms with Gasteiger partial charge in [-0.2, -0.15) is 8.42 Å². The fourth-order valence-electron chi connectivity index (χ4n) is 2.39. The van der Waals surface area contributed by atoms with Gasteiger partial charge in [0.1, 0.15) is 10.6 Å². The molecule has 0 heterocycles. The molecule has 30 heavy (non-hydrogen) atoms. The van der Waals surface area contributed by atoms with Gasteiger partial charge in [-0.3, -0.25) is 14.9 Å². The van der Waals surface area contributed by atoms with Crippen molar-refractivity contribution in [1.82, 2.24) is 5.32 Å². The molecule has 10 nitrogen and oxygen atoms in total. The Morgan fingerprint density at radius 3 is 2.37 bits per heavy atom. The third-order valence-corrected chi connectivity index (χ3v) is 5.34. The molecule has 0 aliphatic carbocycles. The van der Waals surface area contributed by atoms with Crippen molar-refractivity contribution in [2.75, 3.05) is 6.54 Å². The molecular formula is C19H20N2O8S. The van der Waals surface area contributed by atoms with Crippen molar-refractivity contribution in [2.24, 2.45) is 0 Å². The summed E-state index contributed by atoms with van der Waals surface area (Å²) in [7, 11) is -4.34. The topological polar surface area (TPSA) is 142 Å². The number of rotatable bonds is 8. The summed E-state index contributed by atoms with van der Waals surface area (Å²) in [5.41, 5.74) is -0.0235. The fraction of sp³-hybridized carbons (Fsp3) is 0.263. The highest BCUT2D eigenvalue weighted by Crippen LogP contribution is 2.25. The second-order valence-electron chi connectivity index (χ2n) is 6.21. The zero-order chi connectivity index (χ0) is 22.5. The first-order chi connectivity index (χ1) is 14.0. The van der Waals surface area contributed by atoms with Crippen LogP contribution in [0.5, 0.6) is 5.75 Å². The average molecular weight is 436 g/mol. The Bertz CT molecular complexity index is 1060. The summed E-state index contributed by atoms with van der Waals surface area (Å²) < 4.78 is 35.1. The summed E-state index contributed by atoms with van der Waals surface area (Å²) in [4.78, 5) is 33.6. The molecule has 2 aromatic carbocycles. The predicted octanol–water partition coefficient (Wildman–Crippen LogP) is 2.35. The molecule has 0 aliphatic heterocycles. The zero-order valence-electron chi connectivity index (χ0n) is 16.4. The van der Waals surface area contributed by atoms with E-state index in [9.17, 15) is 28.1 Å². The monoisotopic (exact) mass is 436 g/mol. The first-order valence-corrected chi connectivity index (χ1v) is 10.2. The van der Waals surface area contributed by atoms with Crippen LogP contribution in [0.4, 0.5) is 5.69 Å². The molecular weight excluding hydrogens is 416 g/mol. The van der Waals surface area contributed by atoms with Crippen molar-refractivity contribution in [3.05, 3.63) is 63.7 Å². The van der Waals surface area contributed by atoms with Crippen LogP contribution in [-0.4, -0.2) is 37.9 Å². The average Bonchev–Trinajstić information content (AvgIpc) is 2.68. The predicted molar refractivity (Wildman–Crippen MR) is 106 cm³/mol. The Labute approximate surface area is 173 Å². The lowest BCUT2D eigenvalue weighted by Gasteiger charge is -2.13. The summed E-state index contributed by atoms with van der Waals surface area (Å²) >= 11 is 0. The number of nitro groups is 1. The number of nitrogens with one attached hydrogen (secondary N) is 1. The van der Waals surface area contributed by atoms with Crippen molar-refractivity contribution in [3.63, 3.8) is 0 Å². The third kappa shape index (κ3) is 5.54. The smallest absolute Gasteiger partial charge is 0.339 e. The van der Waals surface area contributed by atoms with Crippen molar-refractivity contribution in [2.45, 2.75) is 31.8 Å². The molecule has 1 amide bonds. The molecule has 0 unspecified atom stereocenters. The van der Waals surface area contributed by atoms with E-state index in [1.165, 1.54) is 50.2 Å². The number of aryl methyl sites for hydroxylation is 1. The minimum absolute atomic E-state index is 0.0856. The number of likely N-dealkylation sites (N-methyl/N-ethyl adjacent to an activating group) is 1. The second-order valence-corrected chi connectivity index (χ2v) is 7.73. The Morgan fingerprint density at radius 1 is 1.17 bits per heavy atom. The van der Waals surface area contributed by atoms with Gasteiger partial charge < -0.3 is 14.2 Å². The highest BCUT2D eigenvalue weighted by atomic mass is 32.2. The van der Waals surface area contributed by atoms with Crippen LogP contribution in [0.15, 0.2) is 47.4 Å². The van der Waals surface area contributed by atoms with E-state index in [4.69, 9.17) is 8.92 Å². The molecule has 0 aliphatic rings. The van der Waals surface area contributed by atoms with Crippen molar-refractivity contribution in [1.29, 1.82) is 0 Å². The molecule has 1 atom stereocenters. The maximum atomic E-state index is 12.5. The number of non-ortho nitro benzene ring substituents is 1. The molecule has 0 radical (unpaired) electrons. The quantitative estimate of drug-likeness (QED) is 0.288. The van der Waals surface area contributed by atoms with Crippen LogP contribution in [0.3, 0.4) is 0 Å². The molecule has 0 aromatic heterocycles. The number of nitrogens with zero attached hydrogens (tertiary/aromatic N) is 1. The number of carbonyl (C=O) groups excluding carboxylic acids is 2. The van der Waals surface area contributed by atoms with E-state index >= 15 is 0 Å². The summed E-state index contributed by atoms with van der Waals surface area (Å²) in [5.74, 6) is -1.31. The summed E-state index contributed by atoms with van der Waals surface area (Å²) in [6.07, 6.45) is -0.995. The van der Waals surface area contributed by atoms with Crippen LogP contribution in [0.1, 0.15) is 29.8 Å². The van der Waals surface area contributed by atoms with Gasteiger partial charge in [-0.05, 0) is 50.6 Å². The Morgan fingerprint density at radius 2 is 1.80 bits per heavy atom. The first kappa shape index (κ1) is 22.8. The van der Waals surface area contributed by atoms with Gasteiger partial charge in [0.15, 0.2) is 6.10 Å². The first-order valence-electron chi connectivity index (χ1n) is 8.83. The van der Waals surface area contributed by atoms with E-state index in [1.54, 1.807) is 6.92 Å². The van der Waals surface area contributed by atoms with E-state index in [0.29, 0.717) is 6.54 Å². The molecule has 0 bridgehead atoms. The lowest BCUT2D eigenvalue weighted by atomic mass is 10.2. The molecule has 0 fully saturated rings. The van der Waals surface area contributed by atoms with Gasteiger partial charge in [0.05, 0.1) is 10.5 Å². The molecule has 2 aromatic rings. The summed E-state index contributed by atoms with van der Waals surface area (Å²) in [5, 5.41) is 13.4. The molecule has 0 saturated heterocycles. The second kappa shape index (κ2) is 9.35. The maximum Gasteiger partial charge on any atom is 0.339 e. The lowest BCUT2D eigenvalue weighted by molar-refractivity contribution is -0.385. The number of nitro benzene ring substituents is 1. The highest BCUT2D eigenvalue weighted by molar-refractivity contribution is 7.87. The van der Waals surface area contributed by atoms with E-state index in [0.717, 1.165) is 6.07 Å². The summed E-state index contributed by atoms with van der Waals surface area (Å²) in [6, 6.07) is 8.43. The zero-order valence-corrected chi connectivity index (χ0v) is 17.3. The molecule has 160 valence electrons. The van der Waals surface area contributed by atoms with E-state index in [1.807, 2.05) is 0 Å². The van der Waals surface area contributed by atoms with E-state index in [-0.39, 0.29) is 27.5 Å². The maximum absolute atomic E-state index is 12.5. The van der Waals surface area contributed by atoms with Crippen LogP contribution in [-0.2, 0) is 19.6 Å². The van der Waals surface area contributed by atoms with Gasteiger partial charge in [-0.15, -0.1) is 0 Å². The molecule has 0 spiro atoms. The number of ether oxygens (including phenoxy) is 1. The lowest BCUT2D eigenvalue weighted by Crippen LogP contribution is -2.35. The summed E-state index contributed by atoms with van der Waals surface area (Å²) in [6.45, 7) is 5.03. The van der Waals surface area contributed by atoms with Gasteiger partial charge in [-0.1, -0.05) is 6.07 Å². The minimum atomic E-state index is -4.34. The van der Waals surface area contributed by atoms with Crippen molar-refractivity contribution >= 4 is 27.7 Å². The normalized spacial score (nSPS) is 12.0. The molecule has 1 N–H and O–H groups in total. The largest absolute Gasteiger partial charge is 0.449 e. The fourth-order valence-corrected chi connectivity index (χ4v) is 3.57. The SMILES string of the molecule is CCNC(=O)[C@@H](C)OC(=O)c1ccc(OS(=O)(=O)c2cc([N+](=O)[O-])ccc2C)cc1. The molecule has 0 saturated carbocycles. The third-order valence-electron chi connectivity index (χ3n) is 3.95. The number of carbonyl (C=O) groups is 2. The van der Waals surface area contributed by atoms with Gasteiger partial charge in [0, 0.05) is 18.7 Å². The number of hydrogen-bond acceptors (Lipinski definition) is 8. The van der Waals surface area contributed by atoms with Gasteiger partial charge in [0.25, 0.3) is 11.6 Å². The Balaban J connectivity index is 2.15. The van der Waals surface area contributed by atoms with E-state index in [2.05, 4.69) is 5.32 Å².